The van der Waals surface area contributed by atoms with Gasteiger partial charge in [-0.2, -0.15) is 0 Å². The minimum atomic E-state index is -1.79. The van der Waals surface area contributed by atoms with Crippen molar-refractivity contribution in [3.05, 3.63) is 112 Å². The van der Waals surface area contributed by atoms with E-state index in [9.17, 15) is 14.3 Å². The number of carboxylic acids is 1. The first kappa shape index (κ1) is 34.3. The van der Waals surface area contributed by atoms with E-state index in [-0.39, 0.29) is 11.6 Å². The van der Waals surface area contributed by atoms with Crippen LogP contribution in [-0.4, -0.2) is 70.4 Å². The highest BCUT2D eigenvalue weighted by molar-refractivity contribution is 6.37. The fourth-order valence-electron chi connectivity index (χ4n) is 5.73. The zero-order valence-electron chi connectivity index (χ0n) is 25.8. The molecule has 0 bridgehead atoms. The van der Waals surface area contributed by atoms with Gasteiger partial charge in [0.2, 0.25) is 0 Å². The number of piperazine rings is 1. The number of unbranched alkanes of at least 4 members (excludes halogenated alkanes) is 1. The van der Waals surface area contributed by atoms with Crippen molar-refractivity contribution in [1.29, 1.82) is 0 Å². The van der Waals surface area contributed by atoms with Gasteiger partial charge in [-0.1, -0.05) is 98.1 Å². The average molecular weight is 637 g/mol. The molecule has 1 fully saturated rings. The van der Waals surface area contributed by atoms with E-state index in [2.05, 4.69) is 53.1 Å². The van der Waals surface area contributed by atoms with Gasteiger partial charge in [0.15, 0.2) is 6.10 Å². The summed E-state index contributed by atoms with van der Waals surface area (Å²) < 4.78 is 18.1. The van der Waals surface area contributed by atoms with Gasteiger partial charge in [0, 0.05) is 49.7 Å². The van der Waals surface area contributed by atoms with Crippen LogP contribution in [0, 0.1) is 5.82 Å². The van der Waals surface area contributed by atoms with Crippen molar-refractivity contribution >= 4 is 28.3 Å². The van der Waals surface area contributed by atoms with E-state index in [4.69, 9.17) is 26.6 Å². The van der Waals surface area contributed by atoms with Crippen LogP contribution in [0.3, 0.4) is 0 Å². The Labute approximate surface area is 269 Å². The van der Waals surface area contributed by atoms with Crippen molar-refractivity contribution in [2.45, 2.75) is 51.0 Å². The van der Waals surface area contributed by atoms with Crippen LogP contribution in [-0.2, 0) is 11.3 Å². The summed E-state index contributed by atoms with van der Waals surface area (Å²) >= 11 is 6.50. The SMILES string of the molecule is CCCC[C@H]([C@H](O)c1ccc2c(Cl)c(OC)ccc2c1)N1CCN(Cc2ccccc2)CC1.O=C(O)[C@@H](O)c1ccccc1F. The quantitative estimate of drug-likeness (QED) is 0.166. The lowest BCUT2D eigenvalue weighted by Crippen LogP contribution is -2.51. The van der Waals surface area contributed by atoms with Crippen molar-refractivity contribution in [3.8, 4) is 5.75 Å². The Balaban J connectivity index is 0.000000323. The molecule has 1 aliphatic heterocycles. The molecular weight excluding hydrogens is 595 g/mol. The number of aliphatic hydroxyl groups excluding tert-OH is 2. The maximum absolute atomic E-state index is 12.8. The standard InChI is InChI=1S/C28H35ClN2O2.C8H7FO3/c1-3-4-10-25(31-17-15-30(16-18-31)20-21-8-6-5-7-9-21)28(32)23-11-13-24-22(19-23)12-14-26(33-2)27(24)29;9-6-4-2-1-3-5(6)7(10)8(11)12/h5-9,11-14,19,25,28,32H,3-4,10,15-18,20H2,1-2H3;1-4,7,10H,(H,11,12)/t25-,28-;7-/m10/s1. The van der Waals surface area contributed by atoms with Crippen molar-refractivity contribution in [1.82, 2.24) is 9.80 Å². The number of methoxy groups -OCH3 is 1. The highest BCUT2D eigenvalue weighted by Crippen LogP contribution is 2.35. The number of hydrogen-bond donors (Lipinski definition) is 3. The van der Waals surface area contributed by atoms with E-state index < -0.39 is 24.0 Å². The molecule has 45 heavy (non-hydrogen) atoms. The summed E-state index contributed by atoms with van der Waals surface area (Å²) in [5.74, 6) is -1.50. The second-order valence-corrected chi connectivity index (χ2v) is 11.7. The number of ether oxygens (including phenoxy) is 1. The summed E-state index contributed by atoms with van der Waals surface area (Å²) in [6.45, 7) is 7.22. The van der Waals surface area contributed by atoms with Crippen molar-refractivity contribution < 1.29 is 29.2 Å². The number of aliphatic carboxylic acids is 1. The van der Waals surface area contributed by atoms with Crippen LogP contribution in [0.15, 0.2) is 84.9 Å². The first-order valence-electron chi connectivity index (χ1n) is 15.3. The molecule has 1 aliphatic rings. The van der Waals surface area contributed by atoms with E-state index in [0.717, 1.165) is 74.4 Å². The third kappa shape index (κ3) is 9.02. The molecule has 5 rings (SSSR count). The molecule has 9 heteroatoms. The highest BCUT2D eigenvalue weighted by Gasteiger charge is 2.30. The Morgan fingerprint density at radius 2 is 1.64 bits per heavy atom. The predicted molar refractivity (Wildman–Crippen MR) is 176 cm³/mol. The number of benzene rings is 4. The first-order chi connectivity index (χ1) is 21.7. The van der Waals surface area contributed by atoms with E-state index in [1.807, 2.05) is 24.3 Å². The van der Waals surface area contributed by atoms with Crippen LogP contribution in [0.4, 0.5) is 4.39 Å². The topological polar surface area (TPSA) is 93.5 Å². The molecule has 4 aromatic carbocycles. The monoisotopic (exact) mass is 636 g/mol. The Morgan fingerprint density at radius 1 is 0.956 bits per heavy atom. The number of rotatable bonds is 11. The second kappa shape index (κ2) is 16.7. The summed E-state index contributed by atoms with van der Waals surface area (Å²) in [7, 11) is 1.63. The molecule has 7 nitrogen and oxygen atoms in total. The molecule has 1 saturated heterocycles. The minimum absolute atomic E-state index is 0.120. The van der Waals surface area contributed by atoms with Crippen LogP contribution in [0.2, 0.25) is 5.02 Å². The largest absolute Gasteiger partial charge is 0.495 e. The molecule has 4 aromatic rings. The van der Waals surface area contributed by atoms with Gasteiger partial charge in [-0.15, -0.1) is 0 Å². The van der Waals surface area contributed by atoms with Crippen molar-refractivity contribution in [2.75, 3.05) is 33.3 Å². The highest BCUT2D eigenvalue weighted by atomic mass is 35.5. The summed E-state index contributed by atoms with van der Waals surface area (Å²) in [6, 6.07) is 26.0. The lowest BCUT2D eigenvalue weighted by Gasteiger charge is -2.41. The number of hydrogen-bond acceptors (Lipinski definition) is 6. The van der Waals surface area contributed by atoms with Gasteiger partial charge < -0.3 is 20.1 Å². The fraction of sp³-hybridized carbons (Fsp3) is 0.361. The van der Waals surface area contributed by atoms with Crippen LogP contribution < -0.4 is 4.74 Å². The van der Waals surface area contributed by atoms with Crippen LogP contribution >= 0.6 is 11.6 Å². The lowest BCUT2D eigenvalue weighted by molar-refractivity contribution is -0.147. The van der Waals surface area contributed by atoms with Gasteiger partial charge in [0.05, 0.1) is 18.2 Å². The van der Waals surface area contributed by atoms with E-state index in [1.54, 1.807) is 7.11 Å². The minimum Gasteiger partial charge on any atom is -0.495 e. The number of nitrogens with zero attached hydrogens (tertiary/aromatic N) is 2. The van der Waals surface area contributed by atoms with Gasteiger partial charge >= 0.3 is 5.97 Å². The summed E-state index contributed by atoms with van der Waals surface area (Å²) in [5.41, 5.74) is 2.10. The Kier molecular flexibility index (Phi) is 12.7. The van der Waals surface area contributed by atoms with Crippen molar-refractivity contribution in [2.24, 2.45) is 0 Å². The molecule has 1 heterocycles. The zero-order chi connectivity index (χ0) is 32.3. The summed E-state index contributed by atoms with van der Waals surface area (Å²) in [6.07, 6.45) is 0.929. The van der Waals surface area contributed by atoms with Gasteiger partial charge in [-0.3, -0.25) is 9.80 Å². The van der Waals surface area contributed by atoms with E-state index >= 15 is 0 Å². The molecular formula is C36H42ClFN2O5. The molecule has 3 atom stereocenters. The van der Waals surface area contributed by atoms with Gasteiger partial charge in [-0.05, 0) is 41.1 Å². The number of carbonyl (C=O) groups is 1. The molecule has 0 radical (unpaired) electrons. The Hall–Kier alpha value is -3.53. The smallest absolute Gasteiger partial charge is 0.337 e. The fourth-order valence-corrected chi connectivity index (χ4v) is 6.04. The zero-order valence-corrected chi connectivity index (χ0v) is 26.5. The molecule has 240 valence electrons. The van der Waals surface area contributed by atoms with Crippen LogP contribution in [0.5, 0.6) is 5.75 Å². The summed E-state index contributed by atoms with van der Waals surface area (Å²) in [5, 5.41) is 31.4. The molecule has 0 unspecified atom stereocenters. The normalized spacial score (nSPS) is 16.0. The number of carboxylic acid groups (broad SMARTS) is 1. The molecule has 0 spiro atoms. The third-order valence-electron chi connectivity index (χ3n) is 8.28. The molecule has 0 amide bonds. The average Bonchev–Trinajstić information content (AvgIpc) is 3.06. The number of aliphatic hydroxyl groups is 2. The second-order valence-electron chi connectivity index (χ2n) is 11.3. The number of fused-ring (bicyclic) bond motifs is 1. The maximum atomic E-state index is 12.8. The summed E-state index contributed by atoms with van der Waals surface area (Å²) in [4.78, 5) is 15.2. The molecule has 0 saturated carbocycles. The van der Waals surface area contributed by atoms with Crippen LogP contribution in [0.1, 0.15) is 55.1 Å². The Bertz CT molecular complexity index is 1530. The van der Waals surface area contributed by atoms with Gasteiger partial charge in [-0.25, -0.2) is 9.18 Å². The molecule has 0 aliphatic carbocycles. The predicted octanol–water partition coefficient (Wildman–Crippen LogP) is 6.86. The number of halogens is 2. The first-order valence-corrected chi connectivity index (χ1v) is 15.7. The van der Waals surface area contributed by atoms with Crippen LogP contribution in [0.25, 0.3) is 10.8 Å². The van der Waals surface area contributed by atoms with Gasteiger partial charge in [0.25, 0.3) is 0 Å². The molecule has 0 aromatic heterocycles. The van der Waals surface area contributed by atoms with Gasteiger partial charge in [0.1, 0.15) is 11.6 Å². The van der Waals surface area contributed by atoms with Crippen molar-refractivity contribution in [3.63, 3.8) is 0 Å². The van der Waals surface area contributed by atoms with E-state index in [0.29, 0.717) is 10.8 Å². The van der Waals surface area contributed by atoms with E-state index in [1.165, 1.54) is 23.8 Å². The Morgan fingerprint density at radius 3 is 2.29 bits per heavy atom. The maximum Gasteiger partial charge on any atom is 0.337 e. The lowest BCUT2D eigenvalue weighted by atomic mass is 9.94. The molecule has 3 N–H and O–H groups in total. The third-order valence-corrected chi connectivity index (χ3v) is 8.67.